The molecule has 0 radical (unpaired) electrons. The first-order valence-corrected chi connectivity index (χ1v) is 6.09. The standard InChI is InChI=1S/C16H13F2NO/c1-16(20,13-4-2-11(10-19)3-5-13)9-12-6-14(17)8-15(18)7-12/h2-8,20H,9H2,1H3. The molecule has 20 heavy (non-hydrogen) atoms. The zero-order chi connectivity index (χ0) is 14.8. The minimum Gasteiger partial charge on any atom is -0.385 e. The molecule has 0 fully saturated rings. The lowest BCUT2D eigenvalue weighted by atomic mass is 9.88. The Morgan fingerprint density at radius 3 is 2.15 bits per heavy atom. The maximum atomic E-state index is 13.1. The molecule has 0 aliphatic heterocycles. The third-order valence-electron chi connectivity index (χ3n) is 3.11. The van der Waals surface area contributed by atoms with Crippen LogP contribution in [0.3, 0.4) is 0 Å². The van der Waals surface area contributed by atoms with Gasteiger partial charge < -0.3 is 5.11 Å². The Morgan fingerprint density at radius 1 is 1.10 bits per heavy atom. The second-order valence-corrected chi connectivity index (χ2v) is 4.92. The fourth-order valence-electron chi connectivity index (χ4n) is 2.12. The predicted molar refractivity (Wildman–Crippen MR) is 70.8 cm³/mol. The van der Waals surface area contributed by atoms with Gasteiger partial charge >= 0.3 is 0 Å². The van der Waals surface area contributed by atoms with Crippen molar-refractivity contribution in [2.75, 3.05) is 0 Å². The molecule has 0 bridgehead atoms. The second-order valence-electron chi connectivity index (χ2n) is 4.92. The fraction of sp³-hybridized carbons (Fsp3) is 0.188. The van der Waals surface area contributed by atoms with E-state index in [-0.39, 0.29) is 6.42 Å². The van der Waals surface area contributed by atoms with Crippen LogP contribution in [0.1, 0.15) is 23.6 Å². The van der Waals surface area contributed by atoms with Gasteiger partial charge in [0.1, 0.15) is 11.6 Å². The Hall–Kier alpha value is -2.25. The van der Waals surface area contributed by atoms with Gasteiger partial charge in [-0.15, -0.1) is 0 Å². The van der Waals surface area contributed by atoms with Crippen LogP contribution in [-0.2, 0) is 12.0 Å². The topological polar surface area (TPSA) is 44.0 Å². The number of nitrogens with zero attached hydrogens (tertiary/aromatic N) is 1. The zero-order valence-corrected chi connectivity index (χ0v) is 10.9. The first-order valence-electron chi connectivity index (χ1n) is 6.09. The van der Waals surface area contributed by atoms with Crippen LogP contribution in [0, 0.1) is 23.0 Å². The average molecular weight is 273 g/mol. The van der Waals surface area contributed by atoms with Crippen LogP contribution in [0.4, 0.5) is 8.78 Å². The molecule has 0 aliphatic rings. The molecule has 102 valence electrons. The Balaban J connectivity index is 2.27. The van der Waals surface area contributed by atoms with Gasteiger partial charge in [-0.25, -0.2) is 8.78 Å². The number of benzene rings is 2. The van der Waals surface area contributed by atoms with E-state index in [4.69, 9.17) is 5.26 Å². The summed E-state index contributed by atoms with van der Waals surface area (Å²) in [5.74, 6) is -1.34. The smallest absolute Gasteiger partial charge is 0.126 e. The van der Waals surface area contributed by atoms with E-state index in [1.807, 2.05) is 6.07 Å². The van der Waals surface area contributed by atoms with Crippen molar-refractivity contribution in [2.24, 2.45) is 0 Å². The van der Waals surface area contributed by atoms with Crippen LogP contribution in [0.25, 0.3) is 0 Å². The van der Waals surface area contributed by atoms with Gasteiger partial charge in [0.15, 0.2) is 0 Å². The van der Waals surface area contributed by atoms with Gasteiger partial charge in [0.05, 0.1) is 17.2 Å². The molecule has 2 rings (SSSR count). The normalized spacial score (nSPS) is 13.6. The Bertz CT molecular complexity index is 637. The van der Waals surface area contributed by atoms with Gasteiger partial charge in [-0.2, -0.15) is 5.26 Å². The van der Waals surface area contributed by atoms with E-state index in [0.717, 1.165) is 6.07 Å². The van der Waals surface area contributed by atoms with Crippen LogP contribution in [0.15, 0.2) is 42.5 Å². The maximum absolute atomic E-state index is 13.1. The molecule has 4 heteroatoms. The highest BCUT2D eigenvalue weighted by molar-refractivity contribution is 5.35. The predicted octanol–water partition coefficient (Wildman–Crippen LogP) is 3.29. The summed E-state index contributed by atoms with van der Waals surface area (Å²) < 4.78 is 26.3. The summed E-state index contributed by atoms with van der Waals surface area (Å²) in [4.78, 5) is 0. The van der Waals surface area contributed by atoms with E-state index in [1.165, 1.54) is 12.1 Å². The molecule has 2 aromatic carbocycles. The Kier molecular flexibility index (Phi) is 3.82. The Morgan fingerprint density at radius 2 is 1.65 bits per heavy atom. The number of hydrogen-bond acceptors (Lipinski definition) is 2. The first kappa shape index (κ1) is 14.2. The maximum Gasteiger partial charge on any atom is 0.126 e. The molecular formula is C16H13F2NO. The quantitative estimate of drug-likeness (QED) is 0.932. The minimum absolute atomic E-state index is 0.0770. The molecule has 1 atom stereocenters. The molecule has 0 aliphatic carbocycles. The van der Waals surface area contributed by atoms with Gasteiger partial charge in [0.2, 0.25) is 0 Å². The number of aliphatic hydroxyl groups is 1. The largest absolute Gasteiger partial charge is 0.385 e. The molecular weight excluding hydrogens is 260 g/mol. The van der Waals surface area contributed by atoms with Crippen molar-refractivity contribution in [3.63, 3.8) is 0 Å². The van der Waals surface area contributed by atoms with E-state index >= 15 is 0 Å². The number of hydrogen-bond donors (Lipinski definition) is 1. The number of nitriles is 1. The number of halogens is 2. The van der Waals surface area contributed by atoms with Gasteiger partial charge in [-0.05, 0) is 42.3 Å². The van der Waals surface area contributed by atoms with E-state index in [1.54, 1.807) is 31.2 Å². The van der Waals surface area contributed by atoms with Crippen molar-refractivity contribution in [2.45, 2.75) is 18.9 Å². The lowest BCUT2D eigenvalue weighted by Crippen LogP contribution is -2.24. The highest BCUT2D eigenvalue weighted by Gasteiger charge is 2.24. The second kappa shape index (κ2) is 5.40. The highest BCUT2D eigenvalue weighted by atomic mass is 19.1. The summed E-state index contributed by atoms with van der Waals surface area (Å²) in [5.41, 5.74) is 0.174. The minimum atomic E-state index is -1.27. The van der Waals surface area contributed by atoms with Gasteiger partial charge in [0.25, 0.3) is 0 Å². The van der Waals surface area contributed by atoms with Crippen molar-refractivity contribution >= 4 is 0 Å². The summed E-state index contributed by atoms with van der Waals surface area (Å²) in [5, 5.41) is 19.2. The molecule has 2 nitrogen and oxygen atoms in total. The third kappa shape index (κ3) is 3.19. The van der Waals surface area contributed by atoms with E-state index in [0.29, 0.717) is 16.7 Å². The van der Waals surface area contributed by atoms with Crippen LogP contribution in [0.5, 0.6) is 0 Å². The molecule has 1 N–H and O–H groups in total. The SMILES string of the molecule is CC(O)(Cc1cc(F)cc(F)c1)c1ccc(C#N)cc1. The van der Waals surface area contributed by atoms with Crippen molar-refractivity contribution in [3.8, 4) is 6.07 Å². The molecule has 0 saturated heterocycles. The summed E-state index contributed by atoms with van der Waals surface area (Å²) in [6, 6.07) is 11.6. The van der Waals surface area contributed by atoms with Crippen molar-refractivity contribution < 1.29 is 13.9 Å². The molecule has 2 aromatic rings. The van der Waals surface area contributed by atoms with E-state index in [2.05, 4.69) is 0 Å². The summed E-state index contributed by atoms with van der Waals surface area (Å²) in [6.45, 7) is 1.57. The summed E-state index contributed by atoms with van der Waals surface area (Å²) in [6.07, 6.45) is 0.0770. The Labute approximate surface area is 115 Å². The van der Waals surface area contributed by atoms with Crippen LogP contribution in [0.2, 0.25) is 0 Å². The van der Waals surface area contributed by atoms with Crippen molar-refractivity contribution in [3.05, 3.63) is 70.8 Å². The lowest BCUT2D eigenvalue weighted by Gasteiger charge is -2.24. The number of rotatable bonds is 3. The van der Waals surface area contributed by atoms with Crippen LogP contribution >= 0.6 is 0 Å². The van der Waals surface area contributed by atoms with Crippen molar-refractivity contribution in [1.82, 2.24) is 0 Å². The zero-order valence-electron chi connectivity index (χ0n) is 10.9. The van der Waals surface area contributed by atoms with E-state index in [9.17, 15) is 13.9 Å². The molecule has 0 spiro atoms. The first-order chi connectivity index (χ1) is 9.40. The summed E-state index contributed by atoms with van der Waals surface area (Å²) >= 11 is 0. The molecule has 1 unspecified atom stereocenters. The monoisotopic (exact) mass is 273 g/mol. The van der Waals surface area contributed by atoms with Gasteiger partial charge in [-0.1, -0.05) is 12.1 Å². The van der Waals surface area contributed by atoms with Gasteiger partial charge in [0, 0.05) is 12.5 Å². The summed E-state index contributed by atoms with van der Waals surface area (Å²) in [7, 11) is 0. The molecule has 0 heterocycles. The molecule has 0 saturated carbocycles. The van der Waals surface area contributed by atoms with Crippen LogP contribution < -0.4 is 0 Å². The fourth-order valence-corrected chi connectivity index (χ4v) is 2.12. The third-order valence-corrected chi connectivity index (χ3v) is 3.11. The van der Waals surface area contributed by atoms with Crippen LogP contribution in [-0.4, -0.2) is 5.11 Å². The molecule has 0 amide bonds. The van der Waals surface area contributed by atoms with E-state index < -0.39 is 17.2 Å². The van der Waals surface area contributed by atoms with Gasteiger partial charge in [-0.3, -0.25) is 0 Å². The average Bonchev–Trinajstić information content (AvgIpc) is 2.37. The van der Waals surface area contributed by atoms with Crippen molar-refractivity contribution in [1.29, 1.82) is 5.26 Å². The highest BCUT2D eigenvalue weighted by Crippen LogP contribution is 2.26. The lowest BCUT2D eigenvalue weighted by molar-refractivity contribution is 0.0575. The molecule has 0 aromatic heterocycles.